The second-order valence-corrected chi connectivity index (χ2v) is 6.58. The summed E-state index contributed by atoms with van der Waals surface area (Å²) in [4.78, 5) is 25.1. The summed E-state index contributed by atoms with van der Waals surface area (Å²) in [5, 5.41) is 5.92. The molecule has 0 aliphatic heterocycles. The first-order valence-electron chi connectivity index (χ1n) is 6.65. The lowest BCUT2D eigenvalue weighted by Crippen LogP contribution is -2.23. The number of rotatable bonds is 5. The fourth-order valence-corrected chi connectivity index (χ4v) is 3.55. The van der Waals surface area contributed by atoms with Crippen molar-refractivity contribution >= 4 is 40.2 Å². The minimum atomic E-state index is -0.167. The highest BCUT2D eigenvalue weighted by Crippen LogP contribution is 2.15. The van der Waals surface area contributed by atoms with Gasteiger partial charge in [-0.15, -0.1) is 11.3 Å². The van der Waals surface area contributed by atoms with E-state index in [4.69, 9.17) is 0 Å². The number of thiazole rings is 1. The largest absolute Gasteiger partial charge is 0.346 e. The zero-order valence-electron chi connectivity index (χ0n) is 12.2. The fourth-order valence-electron chi connectivity index (χ4n) is 2.03. The van der Waals surface area contributed by atoms with E-state index >= 15 is 0 Å². The number of fused-ring (bicyclic) bond motifs is 1. The molecule has 3 aromatic rings. The SMILES string of the molecule is CSCc1nc(CNC(=O)c2cnc3c(c2)ncn3C)cs1. The molecule has 8 heteroatoms. The summed E-state index contributed by atoms with van der Waals surface area (Å²) < 4.78 is 1.82. The van der Waals surface area contributed by atoms with Gasteiger partial charge in [0.1, 0.15) is 10.5 Å². The number of pyridine rings is 1. The van der Waals surface area contributed by atoms with Crippen LogP contribution in [0.1, 0.15) is 21.1 Å². The van der Waals surface area contributed by atoms with Crippen molar-refractivity contribution in [3.8, 4) is 0 Å². The number of aromatic nitrogens is 4. The van der Waals surface area contributed by atoms with Crippen molar-refractivity contribution in [2.75, 3.05) is 6.26 Å². The molecule has 114 valence electrons. The summed E-state index contributed by atoms with van der Waals surface area (Å²) in [7, 11) is 1.87. The Morgan fingerprint density at radius 2 is 2.32 bits per heavy atom. The molecule has 0 unspecified atom stereocenters. The average Bonchev–Trinajstić information content (AvgIpc) is 3.12. The molecule has 0 saturated heterocycles. The third-order valence-electron chi connectivity index (χ3n) is 3.11. The molecule has 0 saturated carbocycles. The molecule has 0 aliphatic carbocycles. The maximum absolute atomic E-state index is 12.2. The average molecular weight is 333 g/mol. The van der Waals surface area contributed by atoms with E-state index in [1.165, 1.54) is 0 Å². The van der Waals surface area contributed by atoms with Gasteiger partial charge in [-0.3, -0.25) is 4.79 Å². The maximum atomic E-state index is 12.2. The number of nitrogens with one attached hydrogen (secondary N) is 1. The maximum Gasteiger partial charge on any atom is 0.253 e. The van der Waals surface area contributed by atoms with Crippen LogP contribution in [0.4, 0.5) is 0 Å². The molecule has 22 heavy (non-hydrogen) atoms. The van der Waals surface area contributed by atoms with E-state index in [-0.39, 0.29) is 5.91 Å². The molecule has 3 rings (SSSR count). The summed E-state index contributed by atoms with van der Waals surface area (Å²) in [5.74, 6) is 0.735. The van der Waals surface area contributed by atoms with E-state index in [0.717, 1.165) is 22.1 Å². The van der Waals surface area contributed by atoms with Crippen molar-refractivity contribution in [1.82, 2.24) is 24.8 Å². The van der Waals surface area contributed by atoms with Crippen molar-refractivity contribution < 1.29 is 4.79 Å². The van der Waals surface area contributed by atoms with Gasteiger partial charge in [0.25, 0.3) is 5.91 Å². The molecule has 0 aliphatic rings. The van der Waals surface area contributed by atoms with Gasteiger partial charge in [-0.2, -0.15) is 11.8 Å². The minimum Gasteiger partial charge on any atom is -0.346 e. The number of thioether (sulfide) groups is 1. The molecule has 1 N–H and O–H groups in total. The van der Waals surface area contributed by atoms with Crippen LogP contribution < -0.4 is 5.32 Å². The van der Waals surface area contributed by atoms with Gasteiger partial charge in [0.2, 0.25) is 0 Å². The van der Waals surface area contributed by atoms with Crippen LogP contribution in [0.2, 0.25) is 0 Å². The van der Waals surface area contributed by atoms with E-state index in [0.29, 0.717) is 17.6 Å². The molecule has 3 aromatic heterocycles. The number of nitrogens with zero attached hydrogens (tertiary/aromatic N) is 4. The lowest BCUT2D eigenvalue weighted by Gasteiger charge is -2.03. The third-order valence-corrected chi connectivity index (χ3v) is 4.75. The third kappa shape index (κ3) is 3.12. The monoisotopic (exact) mass is 333 g/mol. The van der Waals surface area contributed by atoms with Crippen LogP contribution in [0.3, 0.4) is 0 Å². The standard InChI is InChI=1S/C14H15N5OS2/c1-19-8-17-11-3-9(4-15-13(11)19)14(20)16-5-10-6-22-12(18-10)7-21-2/h3-4,6,8H,5,7H2,1-2H3,(H,16,20). The van der Waals surface area contributed by atoms with E-state index in [2.05, 4.69) is 20.3 Å². The van der Waals surface area contributed by atoms with Crippen LogP contribution in [0.15, 0.2) is 24.0 Å². The lowest BCUT2D eigenvalue weighted by atomic mass is 10.2. The van der Waals surface area contributed by atoms with Crippen molar-refractivity contribution in [3.05, 3.63) is 40.2 Å². The normalized spacial score (nSPS) is 11.0. The van der Waals surface area contributed by atoms with Gasteiger partial charge in [-0.1, -0.05) is 0 Å². The first-order chi connectivity index (χ1) is 10.7. The summed E-state index contributed by atoms with van der Waals surface area (Å²) >= 11 is 3.35. The molecular weight excluding hydrogens is 318 g/mol. The van der Waals surface area contributed by atoms with Gasteiger partial charge in [0, 0.05) is 24.4 Å². The Morgan fingerprint density at radius 3 is 3.14 bits per heavy atom. The summed E-state index contributed by atoms with van der Waals surface area (Å²) in [6.45, 7) is 0.421. The first kappa shape index (κ1) is 15.0. The van der Waals surface area contributed by atoms with Crippen molar-refractivity contribution in [2.24, 2.45) is 7.05 Å². The molecule has 0 radical (unpaired) electrons. The molecule has 0 aromatic carbocycles. The second kappa shape index (κ2) is 6.45. The number of aryl methyl sites for hydroxylation is 1. The highest BCUT2D eigenvalue weighted by atomic mass is 32.2. The number of hydrogen-bond donors (Lipinski definition) is 1. The molecule has 3 heterocycles. The molecule has 6 nitrogen and oxygen atoms in total. The van der Waals surface area contributed by atoms with Gasteiger partial charge in [0.05, 0.1) is 24.1 Å². The predicted molar refractivity (Wildman–Crippen MR) is 89.0 cm³/mol. The molecule has 0 bridgehead atoms. The summed E-state index contributed by atoms with van der Waals surface area (Å²) in [6, 6.07) is 1.75. The fraction of sp³-hybridized carbons (Fsp3) is 0.286. The number of imidazole rings is 1. The molecule has 1 amide bonds. The van der Waals surface area contributed by atoms with Crippen LogP contribution >= 0.6 is 23.1 Å². The van der Waals surface area contributed by atoms with Crippen LogP contribution in [0, 0.1) is 0 Å². The highest BCUT2D eigenvalue weighted by molar-refractivity contribution is 7.97. The van der Waals surface area contributed by atoms with Crippen LogP contribution in [-0.2, 0) is 19.3 Å². The Hall–Kier alpha value is -1.93. The Labute approximate surface area is 136 Å². The topological polar surface area (TPSA) is 72.7 Å². The van der Waals surface area contributed by atoms with E-state index in [1.807, 2.05) is 23.3 Å². The Morgan fingerprint density at radius 1 is 1.45 bits per heavy atom. The van der Waals surface area contributed by atoms with Gasteiger partial charge in [0.15, 0.2) is 5.65 Å². The second-order valence-electron chi connectivity index (χ2n) is 4.77. The smallest absolute Gasteiger partial charge is 0.253 e. The number of carbonyl (C=O) groups is 1. The lowest BCUT2D eigenvalue weighted by molar-refractivity contribution is 0.0950. The number of carbonyl (C=O) groups excluding carboxylic acids is 1. The zero-order valence-corrected chi connectivity index (χ0v) is 13.9. The Kier molecular flexibility index (Phi) is 4.39. The van der Waals surface area contributed by atoms with Crippen LogP contribution in [-0.4, -0.2) is 31.7 Å². The Bertz CT molecular complexity index is 811. The number of amides is 1. The Balaban J connectivity index is 1.67. The van der Waals surface area contributed by atoms with Gasteiger partial charge in [-0.25, -0.2) is 15.0 Å². The minimum absolute atomic E-state index is 0.167. The summed E-state index contributed by atoms with van der Waals surface area (Å²) in [5.41, 5.74) is 2.86. The quantitative estimate of drug-likeness (QED) is 0.775. The molecular formula is C14H15N5OS2. The van der Waals surface area contributed by atoms with Crippen molar-refractivity contribution in [1.29, 1.82) is 0 Å². The number of hydrogen-bond acceptors (Lipinski definition) is 6. The van der Waals surface area contributed by atoms with Gasteiger partial charge >= 0.3 is 0 Å². The van der Waals surface area contributed by atoms with Crippen LogP contribution in [0.25, 0.3) is 11.2 Å². The molecule has 0 spiro atoms. The molecule has 0 fully saturated rings. The van der Waals surface area contributed by atoms with E-state index in [9.17, 15) is 4.79 Å². The highest BCUT2D eigenvalue weighted by Gasteiger charge is 2.10. The zero-order chi connectivity index (χ0) is 15.5. The van der Waals surface area contributed by atoms with Crippen LogP contribution in [0.5, 0.6) is 0 Å². The van der Waals surface area contributed by atoms with Crippen molar-refractivity contribution in [2.45, 2.75) is 12.3 Å². The van der Waals surface area contributed by atoms with E-state index in [1.54, 1.807) is 41.7 Å². The van der Waals surface area contributed by atoms with Gasteiger partial charge < -0.3 is 9.88 Å². The summed E-state index contributed by atoms with van der Waals surface area (Å²) in [6.07, 6.45) is 5.30. The van der Waals surface area contributed by atoms with Crippen molar-refractivity contribution in [3.63, 3.8) is 0 Å². The first-order valence-corrected chi connectivity index (χ1v) is 8.92. The van der Waals surface area contributed by atoms with E-state index < -0.39 is 0 Å². The van der Waals surface area contributed by atoms with Gasteiger partial charge in [-0.05, 0) is 12.3 Å². The predicted octanol–water partition coefficient (Wildman–Crippen LogP) is 2.22. The molecule has 0 atom stereocenters.